The fourth-order valence-electron chi connectivity index (χ4n) is 1.66. The van der Waals surface area contributed by atoms with Crippen molar-refractivity contribution in [2.45, 2.75) is 18.9 Å². The van der Waals surface area contributed by atoms with Crippen LogP contribution in [0.1, 0.15) is 12.8 Å². The minimum absolute atomic E-state index is 0.127. The van der Waals surface area contributed by atoms with E-state index >= 15 is 0 Å². The summed E-state index contributed by atoms with van der Waals surface area (Å²) in [6.07, 6.45) is 3.18. The molecule has 0 unspecified atom stereocenters. The Hall–Kier alpha value is -1.08. The van der Waals surface area contributed by atoms with Gasteiger partial charge >= 0.3 is 5.69 Å². The molecule has 0 amide bonds. The lowest BCUT2D eigenvalue weighted by molar-refractivity contribution is -0.384. The second kappa shape index (κ2) is 5.50. The Bertz CT molecular complexity index is 425. The van der Waals surface area contributed by atoms with Crippen molar-refractivity contribution in [1.82, 2.24) is 9.97 Å². The van der Waals surface area contributed by atoms with Crippen molar-refractivity contribution in [3.8, 4) is 0 Å². The molecule has 1 aromatic heterocycles. The minimum Gasteiger partial charge on any atom is -0.361 e. The number of hydrogen-bond acceptors (Lipinski definition) is 6. The molecule has 1 aromatic rings. The van der Waals surface area contributed by atoms with Crippen LogP contribution in [-0.2, 0) is 0 Å². The van der Waals surface area contributed by atoms with E-state index in [2.05, 4.69) is 15.3 Å². The summed E-state index contributed by atoms with van der Waals surface area (Å²) < 4.78 is 0. The van der Waals surface area contributed by atoms with E-state index in [1.165, 1.54) is 6.33 Å². The molecule has 0 aromatic carbocycles. The smallest absolute Gasteiger partial charge is 0.348 e. The number of nitro groups is 1. The van der Waals surface area contributed by atoms with Crippen molar-refractivity contribution in [3.05, 3.63) is 21.6 Å². The molecular formula is C9H11ClN4O2S. The number of halogens is 1. The zero-order valence-corrected chi connectivity index (χ0v) is 10.5. The van der Waals surface area contributed by atoms with E-state index in [1.807, 2.05) is 11.8 Å². The SMILES string of the molecule is O=[N+]([O-])c1c(Cl)ncnc1NC1CCSCC1. The first-order valence-corrected chi connectivity index (χ1v) is 6.71. The molecule has 6 nitrogen and oxygen atoms in total. The average molecular weight is 275 g/mol. The second-order valence-corrected chi connectivity index (χ2v) is 5.23. The van der Waals surface area contributed by atoms with Crippen molar-refractivity contribution >= 4 is 34.9 Å². The lowest BCUT2D eigenvalue weighted by Crippen LogP contribution is -2.25. The van der Waals surface area contributed by atoms with Crippen molar-refractivity contribution in [2.24, 2.45) is 0 Å². The molecule has 1 aliphatic heterocycles. The van der Waals surface area contributed by atoms with Gasteiger partial charge in [0, 0.05) is 6.04 Å². The van der Waals surface area contributed by atoms with Gasteiger partial charge in [-0.2, -0.15) is 11.8 Å². The van der Waals surface area contributed by atoms with Crippen LogP contribution in [0.3, 0.4) is 0 Å². The highest BCUT2D eigenvalue weighted by Crippen LogP contribution is 2.30. The Morgan fingerprint density at radius 3 is 2.82 bits per heavy atom. The van der Waals surface area contributed by atoms with Gasteiger partial charge < -0.3 is 5.32 Å². The summed E-state index contributed by atoms with van der Waals surface area (Å²) in [5.41, 5.74) is -0.243. The van der Waals surface area contributed by atoms with Crippen molar-refractivity contribution in [2.75, 3.05) is 16.8 Å². The van der Waals surface area contributed by atoms with E-state index in [0.29, 0.717) is 0 Å². The fraction of sp³-hybridized carbons (Fsp3) is 0.556. The summed E-state index contributed by atoms with van der Waals surface area (Å²) in [6.45, 7) is 0. The minimum atomic E-state index is -0.553. The Kier molecular flexibility index (Phi) is 4.01. The average Bonchev–Trinajstić information content (AvgIpc) is 2.30. The molecule has 2 heterocycles. The van der Waals surface area contributed by atoms with Crippen molar-refractivity contribution in [1.29, 1.82) is 0 Å². The maximum absolute atomic E-state index is 10.9. The van der Waals surface area contributed by atoms with Crippen LogP contribution in [-0.4, -0.2) is 32.4 Å². The molecule has 0 aliphatic carbocycles. The highest BCUT2D eigenvalue weighted by molar-refractivity contribution is 7.99. The third-order valence-corrected chi connectivity index (χ3v) is 3.85. The molecule has 0 saturated carbocycles. The number of nitrogens with zero attached hydrogens (tertiary/aromatic N) is 3. The predicted octanol–water partition coefficient (Wildman–Crippen LogP) is 2.35. The summed E-state index contributed by atoms with van der Waals surface area (Å²) in [7, 11) is 0. The number of nitrogens with one attached hydrogen (secondary N) is 1. The van der Waals surface area contributed by atoms with E-state index < -0.39 is 4.92 Å². The van der Waals surface area contributed by atoms with Crippen LogP contribution in [0.4, 0.5) is 11.5 Å². The highest BCUT2D eigenvalue weighted by atomic mass is 35.5. The fourth-order valence-corrected chi connectivity index (χ4v) is 2.97. The Morgan fingerprint density at radius 1 is 1.47 bits per heavy atom. The summed E-state index contributed by atoms with van der Waals surface area (Å²) in [6, 6.07) is 0.223. The van der Waals surface area contributed by atoms with Gasteiger partial charge in [0.2, 0.25) is 11.0 Å². The summed E-state index contributed by atoms with van der Waals surface area (Å²) in [4.78, 5) is 17.9. The highest BCUT2D eigenvalue weighted by Gasteiger charge is 2.24. The van der Waals surface area contributed by atoms with Crippen molar-refractivity contribution < 1.29 is 4.92 Å². The van der Waals surface area contributed by atoms with Gasteiger partial charge in [0.15, 0.2) is 0 Å². The van der Waals surface area contributed by atoms with Gasteiger partial charge in [-0.15, -0.1) is 0 Å². The summed E-state index contributed by atoms with van der Waals surface area (Å²) in [5, 5.41) is 13.8. The number of anilines is 1. The van der Waals surface area contributed by atoms with Crippen LogP contribution in [0.2, 0.25) is 5.15 Å². The first-order valence-electron chi connectivity index (χ1n) is 5.17. The molecule has 17 heavy (non-hydrogen) atoms. The Morgan fingerprint density at radius 2 is 2.18 bits per heavy atom. The lowest BCUT2D eigenvalue weighted by Gasteiger charge is -2.22. The van der Waals surface area contributed by atoms with Gasteiger partial charge in [0.25, 0.3) is 0 Å². The summed E-state index contributed by atoms with van der Waals surface area (Å²) >= 11 is 7.60. The molecule has 0 radical (unpaired) electrons. The van der Waals surface area contributed by atoms with Gasteiger partial charge in [-0.3, -0.25) is 10.1 Å². The van der Waals surface area contributed by atoms with Gasteiger partial charge in [0.05, 0.1) is 4.92 Å². The third-order valence-electron chi connectivity index (χ3n) is 2.52. The molecule has 0 atom stereocenters. The zero-order chi connectivity index (χ0) is 12.3. The molecule has 1 N–H and O–H groups in total. The molecule has 1 fully saturated rings. The van der Waals surface area contributed by atoms with Crippen LogP contribution >= 0.6 is 23.4 Å². The maximum atomic E-state index is 10.9. The number of thioether (sulfide) groups is 1. The molecule has 2 rings (SSSR count). The van der Waals surface area contributed by atoms with Crippen LogP contribution in [0.25, 0.3) is 0 Å². The molecule has 1 saturated heterocycles. The van der Waals surface area contributed by atoms with Gasteiger partial charge in [-0.05, 0) is 24.3 Å². The van der Waals surface area contributed by atoms with E-state index in [4.69, 9.17) is 11.6 Å². The van der Waals surface area contributed by atoms with Crippen molar-refractivity contribution in [3.63, 3.8) is 0 Å². The zero-order valence-electron chi connectivity index (χ0n) is 8.93. The first kappa shape index (κ1) is 12.4. The van der Waals surface area contributed by atoms with Crippen LogP contribution in [0.15, 0.2) is 6.33 Å². The molecule has 0 spiro atoms. The van der Waals surface area contributed by atoms with Crippen LogP contribution < -0.4 is 5.32 Å². The molecular weight excluding hydrogens is 264 g/mol. The second-order valence-electron chi connectivity index (χ2n) is 3.65. The largest absolute Gasteiger partial charge is 0.361 e. The number of aromatic nitrogens is 2. The van der Waals surface area contributed by atoms with E-state index in [1.54, 1.807) is 0 Å². The molecule has 0 bridgehead atoms. The molecule has 92 valence electrons. The Labute approximate surface area is 107 Å². The lowest BCUT2D eigenvalue weighted by atomic mass is 10.1. The number of rotatable bonds is 3. The molecule has 1 aliphatic rings. The quantitative estimate of drug-likeness (QED) is 0.518. The molecule has 8 heteroatoms. The first-order chi connectivity index (χ1) is 8.18. The van der Waals surface area contributed by atoms with E-state index in [-0.39, 0.29) is 22.7 Å². The van der Waals surface area contributed by atoms with Crippen LogP contribution in [0.5, 0.6) is 0 Å². The maximum Gasteiger partial charge on any atom is 0.348 e. The van der Waals surface area contributed by atoms with E-state index in [9.17, 15) is 10.1 Å². The topological polar surface area (TPSA) is 81.0 Å². The van der Waals surface area contributed by atoms with E-state index in [0.717, 1.165) is 24.3 Å². The predicted molar refractivity (Wildman–Crippen MR) is 67.7 cm³/mol. The monoisotopic (exact) mass is 274 g/mol. The standard InChI is InChI=1S/C9H11ClN4O2S/c10-8-7(14(15)16)9(12-5-11-8)13-6-1-3-17-4-2-6/h5-6H,1-4H2,(H,11,12,13). The Balaban J connectivity index is 2.19. The van der Waals surface area contributed by atoms with Gasteiger partial charge in [-0.25, -0.2) is 9.97 Å². The van der Waals surface area contributed by atoms with Crippen LogP contribution in [0, 0.1) is 10.1 Å². The van der Waals surface area contributed by atoms with Gasteiger partial charge in [-0.1, -0.05) is 11.6 Å². The normalized spacial score (nSPS) is 16.8. The summed E-state index contributed by atoms with van der Waals surface area (Å²) in [5.74, 6) is 2.33. The van der Waals surface area contributed by atoms with Gasteiger partial charge in [0.1, 0.15) is 6.33 Å². The number of hydrogen-bond donors (Lipinski definition) is 1. The third kappa shape index (κ3) is 2.98.